The van der Waals surface area contributed by atoms with Crippen molar-refractivity contribution in [2.24, 2.45) is 17.6 Å². The second-order valence-electron chi connectivity index (χ2n) is 4.85. The SMILES string of the molecule is CC1NC1C(CC1CCC1)C(=O)C(N)=O. The van der Waals surface area contributed by atoms with Gasteiger partial charge in [0.05, 0.1) is 0 Å². The third-order valence-electron chi connectivity index (χ3n) is 3.71. The Kier molecular flexibility index (Phi) is 2.78. The molecule has 1 aliphatic carbocycles. The predicted molar refractivity (Wildman–Crippen MR) is 56.0 cm³/mol. The van der Waals surface area contributed by atoms with E-state index >= 15 is 0 Å². The average Bonchev–Trinajstić information content (AvgIpc) is 2.79. The molecule has 4 nitrogen and oxygen atoms in total. The zero-order valence-corrected chi connectivity index (χ0v) is 9.03. The highest BCUT2D eigenvalue weighted by atomic mass is 16.2. The standard InChI is InChI=1S/C11H18N2O2/c1-6-9(13-6)8(10(14)11(12)15)5-7-3-2-4-7/h6-9,13H,2-5H2,1H3,(H2,12,15). The van der Waals surface area contributed by atoms with Crippen molar-refractivity contribution >= 4 is 11.7 Å². The van der Waals surface area contributed by atoms with Crippen molar-refractivity contribution in [3.8, 4) is 0 Å². The molecule has 0 spiro atoms. The zero-order valence-electron chi connectivity index (χ0n) is 9.03. The molecule has 15 heavy (non-hydrogen) atoms. The van der Waals surface area contributed by atoms with Crippen LogP contribution in [0.25, 0.3) is 0 Å². The number of carbonyl (C=O) groups excluding carboxylic acids is 2. The van der Waals surface area contributed by atoms with Gasteiger partial charge in [-0.15, -0.1) is 0 Å². The van der Waals surface area contributed by atoms with E-state index in [2.05, 4.69) is 5.32 Å². The molecule has 0 aromatic heterocycles. The molecule has 1 saturated carbocycles. The molecule has 1 amide bonds. The van der Waals surface area contributed by atoms with Gasteiger partial charge in [0.1, 0.15) is 0 Å². The number of nitrogens with two attached hydrogens (primary N) is 1. The predicted octanol–water partition coefficient (Wildman–Crippen LogP) is 0.208. The Morgan fingerprint density at radius 2 is 2.07 bits per heavy atom. The van der Waals surface area contributed by atoms with Gasteiger partial charge in [0.15, 0.2) is 0 Å². The molecule has 0 aromatic carbocycles. The Morgan fingerprint density at radius 3 is 2.40 bits per heavy atom. The van der Waals surface area contributed by atoms with Gasteiger partial charge in [-0.1, -0.05) is 19.3 Å². The molecule has 3 atom stereocenters. The Hall–Kier alpha value is -0.900. The number of carbonyl (C=O) groups is 2. The minimum absolute atomic E-state index is 0.178. The third kappa shape index (κ3) is 2.20. The van der Waals surface area contributed by atoms with Crippen molar-refractivity contribution in [2.75, 3.05) is 0 Å². The van der Waals surface area contributed by atoms with Crippen LogP contribution in [0, 0.1) is 11.8 Å². The summed E-state index contributed by atoms with van der Waals surface area (Å²) >= 11 is 0. The van der Waals surface area contributed by atoms with Crippen molar-refractivity contribution in [3.05, 3.63) is 0 Å². The summed E-state index contributed by atoms with van der Waals surface area (Å²) in [5.74, 6) is -0.709. The van der Waals surface area contributed by atoms with Crippen LogP contribution in [0.15, 0.2) is 0 Å². The molecule has 4 heteroatoms. The Balaban J connectivity index is 1.95. The van der Waals surface area contributed by atoms with Crippen LogP contribution < -0.4 is 11.1 Å². The quantitative estimate of drug-likeness (QED) is 0.502. The second-order valence-corrected chi connectivity index (χ2v) is 4.85. The van der Waals surface area contributed by atoms with Crippen molar-refractivity contribution in [3.63, 3.8) is 0 Å². The van der Waals surface area contributed by atoms with E-state index in [1.54, 1.807) is 0 Å². The van der Waals surface area contributed by atoms with Gasteiger partial charge in [0.25, 0.3) is 5.91 Å². The largest absolute Gasteiger partial charge is 0.363 e. The Morgan fingerprint density at radius 1 is 1.47 bits per heavy atom. The minimum Gasteiger partial charge on any atom is -0.363 e. The van der Waals surface area contributed by atoms with E-state index in [0.29, 0.717) is 12.0 Å². The minimum atomic E-state index is -0.778. The number of hydrogen-bond acceptors (Lipinski definition) is 3. The lowest BCUT2D eigenvalue weighted by molar-refractivity contribution is -0.138. The molecule has 0 bridgehead atoms. The highest BCUT2D eigenvalue weighted by Crippen LogP contribution is 2.36. The summed E-state index contributed by atoms with van der Waals surface area (Å²) in [5.41, 5.74) is 5.07. The van der Waals surface area contributed by atoms with E-state index in [1.807, 2.05) is 6.92 Å². The maximum Gasteiger partial charge on any atom is 0.285 e. The number of amides is 1. The van der Waals surface area contributed by atoms with Gasteiger partial charge in [-0.05, 0) is 19.3 Å². The van der Waals surface area contributed by atoms with Gasteiger partial charge in [0, 0.05) is 18.0 Å². The normalized spacial score (nSPS) is 31.8. The van der Waals surface area contributed by atoms with Crippen molar-refractivity contribution < 1.29 is 9.59 Å². The van der Waals surface area contributed by atoms with Crippen molar-refractivity contribution in [1.29, 1.82) is 0 Å². The molecule has 1 aliphatic heterocycles. The molecule has 1 heterocycles. The van der Waals surface area contributed by atoms with Crippen LogP contribution in [0.3, 0.4) is 0 Å². The molecular formula is C11H18N2O2. The summed E-state index contributed by atoms with van der Waals surface area (Å²) in [6, 6.07) is 0.545. The molecule has 3 N–H and O–H groups in total. The van der Waals surface area contributed by atoms with Crippen LogP contribution in [0.5, 0.6) is 0 Å². The van der Waals surface area contributed by atoms with Gasteiger partial charge in [-0.3, -0.25) is 9.59 Å². The first-order chi connectivity index (χ1) is 7.09. The second kappa shape index (κ2) is 3.93. The fraction of sp³-hybridized carbons (Fsp3) is 0.818. The fourth-order valence-electron chi connectivity index (χ4n) is 2.40. The molecule has 0 radical (unpaired) electrons. The van der Waals surface area contributed by atoms with E-state index in [9.17, 15) is 9.59 Å². The average molecular weight is 210 g/mol. The fourth-order valence-corrected chi connectivity index (χ4v) is 2.40. The summed E-state index contributed by atoms with van der Waals surface area (Å²) in [6.07, 6.45) is 4.49. The lowest BCUT2D eigenvalue weighted by atomic mass is 9.76. The van der Waals surface area contributed by atoms with Gasteiger partial charge >= 0.3 is 0 Å². The number of nitrogens with one attached hydrogen (secondary N) is 1. The van der Waals surface area contributed by atoms with E-state index in [0.717, 1.165) is 6.42 Å². The van der Waals surface area contributed by atoms with Crippen LogP contribution >= 0.6 is 0 Å². The number of rotatable bonds is 5. The number of hydrogen-bond donors (Lipinski definition) is 2. The summed E-state index contributed by atoms with van der Waals surface area (Å²) in [5, 5.41) is 3.19. The van der Waals surface area contributed by atoms with Gasteiger partial charge in [-0.25, -0.2) is 0 Å². The van der Waals surface area contributed by atoms with Gasteiger partial charge in [-0.2, -0.15) is 0 Å². The van der Waals surface area contributed by atoms with Crippen molar-refractivity contribution in [1.82, 2.24) is 5.32 Å². The smallest absolute Gasteiger partial charge is 0.285 e. The number of ketones is 1. The topological polar surface area (TPSA) is 82.1 Å². The first-order valence-electron chi connectivity index (χ1n) is 5.69. The van der Waals surface area contributed by atoms with E-state index < -0.39 is 5.91 Å². The first-order valence-corrected chi connectivity index (χ1v) is 5.69. The van der Waals surface area contributed by atoms with E-state index in [4.69, 9.17) is 5.73 Å². The molecular weight excluding hydrogens is 192 g/mol. The van der Waals surface area contributed by atoms with Crippen LogP contribution in [-0.4, -0.2) is 23.8 Å². The molecule has 2 fully saturated rings. The lowest BCUT2D eigenvalue weighted by Gasteiger charge is -2.28. The summed E-state index contributed by atoms with van der Waals surface area (Å²) in [4.78, 5) is 22.5. The summed E-state index contributed by atoms with van der Waals surface area (Å²) in [7, 11) is 0. The highest BCUT2D eigenvalue weighted by Gasteiger charge is 2.44. The van der Waals surface area contributed by atoms with Crippen LogP contribution in [0.2, 0.25) is 0 Å². The maximum absolute atomic E-state index is 11.6. The lowest BCUT2D eigenvalue weighted by Crippen LogP contribution is -2.36. The van der Waals surface area contributed by atoms with Crippen LogP contribution in [0.1, 0.15) is 32.6 Å². The molecule has 1 saturated heterocycles. The van der Waals surface area contributed by atoms with Gasteiger partial charge in [0.2, 0.25) is 5.78 Å². The maximum atomic E-state index is 11.6. The molecule has 0 aromatic rings. The van der Waals surface area contributed by atoms with E-state index in [1.165, 1.54) is 19.3 Å². The third-order valence-corrected chi connectivity index (χ3v) is 3.71. The number of Topliss-reactive ketones (excluding diaryl/α,β-unsaturated/α-hetero) is 1. The first kappa shape index (κ1) is 10.6. The van der Waals surface area contributed by atoms with Gasteiger partial charge < -0.3 is 11.1 Å². The van der Waals surface area contributed by atoms with E-state index in [-0.39, 0.29) is 17.7 Å². The van der Waals surface area contributed by atoms with Crippen LogP contribution in [-0.2, 0) is 9.59 Å². The molecule has 2 rings (SSSR count). The Labute approximate surface area is 89.6 Å². The number of primary amides is 1. The summed E-state index contributed by atoms with van der Waals surface area (Å²) < 4.78 is 0. The highest BCUT2D eigenvalue weighted by molar-refractivity contribution is 6.36. The molecule has 84 valence electrons. The molecule has 2 aliphatic rings. The summed E-state index contributed by atoms with van der Waals surface area (Å²) in [6.45, 7) is 2.03. The Bertz CT molecular complexity index is 286. The van der Waals surface area contributed by atoms with Crippen LogP contribution in [0.4, 0.5) is 0 Å². The monoisotopic (exact) mass is 210 g/mol. The molecule has 3 unspecified atom stereocenters. The van der Waals surface area contributed by atoms with Crippen molar-refractivity contribution in [2.45, 2.75) is 44.7 Å². The zero-order chi connectivity index (χ0) is 11.0.